The van der Waals surface area contributed by atoms with Gasteiger partial charge in [-0.05, 0) is 18.6 Å². The highest BCUT2D eigenvalue weighted by molar-refractivity contribution is 5.74. The summed E-state index contributed by atoms with van der Waals surface area (Å²) in [5.41, 5.74) is -0.567. The van der Waals surface area contributed by atoms with Crippen LogP contribution in [-0.4, -0.2) is 30.2 Å². The first-order valence-corrected chi connectivity index (χ1v) is 5.78. The number of nitrogens with one attached hydrogen (secondary N) is 1. The van der Waals surface area contributed by atoms with E-state index in [0.717, 1.165) is 6.08 Å². The van der Waals surface area contributed by atoms with Crippen molar-refractivity contribution in [2.75, 3.05) is 13.1 Å². The van der Waals surface area contributed by atoms with Crippen molar-refractivity contribution < 1.29 is 22.4 Å². The zero-order chi connectivity index (χ0) is 13.9. The van der Waals surface area contributed by atoms with Gasteiger partial charge in [-0.2, -0.15) is 13.2 Å². The normalized spacial score (nSPS) is 16.2. The third-order valence-corrected chi connectivity index (χ3v) is 2.85. The lowest BCUT2D eigenvalue weighted by atomic mass is 10.1. The molecule has 1 aliphatic heterocycles. The number of amides is 2. The van der Waals surface area contributed by atoms with E-state index in [0.29, 0.717) is 5.76 Å². The number of hydrogen-bond acceptors (Lipinski definition) is 2. The van der Waals surface area contributed by atoms with Gasteiger partial charge in [0.2, 0.25) is 0 Å². The third kappa shape index (κ3) is 3.52. The molecular formula is C12H13F3N2O2. The molecule has 2 heterocycles. The first-order valence-electron chi connectivity index (χ1n) is 5.78. The van der Waals surface area contributed by atoms with Crippen LogP contribution in [0.15, 0.2) is 34.5 Å². The molecule has 0 bridgehead atoms. The number of nitrogens with zero attached hydrogens (tertiary/aromatic N) is 1. The molecule has 104 valence electrons. The molecule has 0 atom stereocenters. The van der Waals surface area contributed by atoms with Crippen LogP contribution in [0.25, 0.3) is 0 Å². The van der Waals surface area contributed by atoms with Crippen LogP contribution >= 0.6 is 0 Å². The molecule has 0 unspecified atom stereocenters. The molecule has 0 radical (unpaired) electrons. The number of hydrogen-bond donors (Lipinski definition) is 1. The Labute approximate surface area is 107 Å². The molecule has 0 spiro atoms. The van der Waals surface area contributed by atoms with E-state index in [2.05, 4.69) is 5.32 Å². The quantitative estimate of drug-likeness (QED) is 0.843. The Balaban J connectivity index is 1.84. The summed E-state index contributed by atoms with van der Waals surface area (Å²) in [5, 5.41) is 2.59. The highest BCUT2D eigenvalue weighted by atomic mass is 19.4. The summed E-state index contributed by atoms with van der Waals surface area (Å²) in [5.74, 6) is 0.594. The Morgan fingerprint density at radius 3 is 2.79 bits per heavy atom. The van der Waals surface area contributed by atoms with Crippen LogP contribution in [0.3, 0.4) is 0 Å². The van der Waals surface area contributed by atoms with Crippen molar-refractivity contribution in [3.8, 4) is 0 Å². The van der Waals surface area contributed by atoms with E-state index in [1.165, 1.54) is 11.2 Å². The van der Waals surface area contributed by atoms with Crippen molar-refractivity contribution in [1.82, 2.24) is 10.2 Å². The van der Waals surface area contributed by atoms with E-state index in [1.54, 1.807) is 12.1 Å². The fourth-order valence-electron chi connectivity index (χ4n) is 1.80. The lowest BCUT2D eigenvalue weighted by molar-refractivity contribution is -0.0956. The summed E-state index contributed by atoms with van der Waals surface area (Å²) in [6.07, 6.45) is -1.93. The highest BCUT2D eigenvalue weighted by Crippen LogP contribution is 2.30. The minimum Gasteiger partial charge on any atom is -0.467 e. The second-order valence-electron chi connectivity index (χ2n) is 4.16. The van der Waals surface area contributed by atoms with Crippen LogP contribution in [0.5, 0.6) is 0 Å². The maximum absolute atomic E-state index is 12.4. The van der Waals surface area contributed by atoms with Crippen molar-refractivity contribution in [2.45, 2.75) is 19.1 Å². The van der Waals surface area contributed by atoms with Crippen LogP contribution in [0.1, 0.15) is 12.2 Å². The lowest BCUT2D eigenvalue weighted by Crippen LogP contribution is -2.42. The van der Waals surface area contributed by atoms with E-state index in [4.69, 9.17) is 4.42 Å². The molecule has 0 saturated heterocycles. The number of halogens is 3. The Kier molecular flexibility index (Phi) is 3.82. The smallest absolute Gasteiger partial charge is 0.412 e. The largest absolute Gasteiger partial charge is 0.467 e. The molecular weight excluding hydrogens is 261 g/mol. The highest BCUT2D eigenvalue weighted by Gasteiger charge is 2.35. The molecule has 1 aliphatic rings. The van der Waals surface area contributed by atoms with E-state index in [9.17, 15) is 18.0 Å². The van der Waals surface area contributed by atoms with Crippen molar-refractivity contribution in [1.29, 1.82) is 0 Å². The second kappa shape index (κ2) is 5.38. The van der Waals surface area contributed by atoms with Crippen molar-refractivity contribution in [3.63, 3.8) is 0 Å². The Bertz CT molecular complexity index is 466. The lowest BCUT2D eigenvalue weighted by Gasteiger charge is -2.27. The first kappa shape index (κ1) is 13.5. The van der Waals surface area contributed by atoms with Crippen molar-refractivity contribution in [2.24, 2.45) is 0 Å². The molecule has 0 aliphatic carbocycles. The van der Waals surface area contributed by atoms with Crippen molar-refractivity contribution >= 4 is 6.03 Å². The average Bonchev–Trinajstić information content (AvgIpc) is 2.88. The number of urea groups is 1. The van der Waals surface area contributed by atoms with E-state index >= 15 is 0 Å². The topological polar surface area (TPSA) is 45.5 Å². The van der Waals surface area contributed by atoms with Crippen LogP contribution in [0, 0.1) is 0 Å². The average molecular weight is 274 g/mol. The minimum atomic E-state index is -4.29. The molecule has 4 nitrogen and oxygen atoms in total. The summed E-state index contributed by atoms with van der Waals surface area (Å²) >= 11 is 0. The van der Waals surface area contributed by atoms with Gasteiger partial charge >= 0.3 is 12.2 Å². The monoisotopic (exact) mass is 274 g/mol. The Hall–Kier alpha value is -1.92. The molecule has 1 aromatic rings. The van der Waals surface area contributed by atoms with Gasteiger partial charge in [0.1, 0.15) is 5.76 Å². The van der Waals surface area contributed by atoms with Gasteiger partial charge in [-0.15, -0.1) is 0 Å². The first-order chi connectivity index (χ1) is 8.97. The van der Waals surface area contributed by atoms with Gasteiger partial charge in [0.25, 0.3) is 0 Å². The van der Waals surface area contributed by atoms with Crippen LogP contribution in [0.2, 0.25) is 0 Å². The summed E-state index contributed by atoms with van der Waals surface area (Å²) in [4.78, 5) is 13.0. The molecule has 1 aromatic heterocycles. The van der Waals surface area contributed by atoms with Gasteiger partial charge in [-0.1, -0.05) is 6.08 Å². The SMILES string of the molecule is O=C(NCc1ccco1)N1CC=C(C(F)(F)F)CC1. The predicted molar refractivity (Wildman–Crippen MR) is 61.3 cm³/mol. The number of rotatable bonds is 2. The summed E-state index contributed by atoms with van der Waals surface area (Å²) < 4.78 is 42.2. The van der Waals surface area contributed by atoms with Gasteiger partial charge < -0.3 is 14.6 Å². The maximum atomic E-state index is 12.4. The van der Waals surface area contributed by atoms with E-state index in [1.807, 2.05) is 0 Å². The second-order valence-corrected chi connectivity index (χ2v) is 4.16. The van der Waals surface area contributed by atoms with Crippen LogP contribution in [0.4, 0.5) is 18.0 Å². The predicted octanol–water partition coefficient (Wildman–Crippen LogP) is 2.68. The Morgan fingerprint density at radius 2 is 2.26 bits per heavy atom. The van der Waals surface area contributed by atoms with E-state index in [-0.39, 0.29) is 26.1 Å². The number of alkyl halides is 3. The number of carbonyl (C=O) groups excluding carboxylic acids is 1. The molecule has 0 saturated carbocycles. The van der Waals surface area contributed by atoms with Gasteiger partial charge in [-0.25, -0.2) is 4.79 Å². The Morgan fingerprint density at radius 1 is 1.47 bits per heavy atom. The molecule has 2 rings (SSSR count). The third-order valence-electron chi connectivity index (χ3n) is 2.85. The molecule has 19 heavy (non-hydrogen) atoms. The number of carbonyl (C=O) groups is 1. The maximum Gasteiger partial charge on any atom is 0.412 e. The van der Waals surface area contributed by atoms with Crippen molar-refractivity contribution in [3.05, 3.63) is 35.8 Å². The molecule has 2 amide bonds. The zero-order valence-electron chi connectivity index (χ0n) is 10.0. The standard InChI is InChI=1S/C12H13F3N2O2/c13-12(14,15)9-3-5-17(6-4-9)11(18)16-8-10-2-1-7-19-10/h1-3,7H,4-6,8H2,(H,16,18). The van der Waals surface area contributed by atoms with Gasteiger partial charge in [0.05, 0.1) is 12.8 Å². The van der Waals surface area contributed by atoms with Crippen LogP contribution in [-0.2, 0) is 6.54 Å². The number of furan rings is 1. The van der Waals surface area contributed by atoms with E-state index < -0.39 is 17.8 Å². The summed E-state index contributed by atoms with van der Waals surface area (Å²) in [6, 6.07) is 3.01. The van der Waals surface area contributed by atoms with Gasteiger partial charge in [-0.3, -0.25) is 0 Å². The molecule has 1 N–H and O–H groups in total. The zero-order valence-corrected chi connectivity index (χ0v) is 10.0. The summed E-state index contributed by atoms with van der Waals surface area (Å²) in [7, 11) is 0. The van der Waals surface area contributed by atoms with Crippen LogP contribution < -0.4 is 5.32 Å². The minimum absolute atomic E-state index is 0.0289. The molecule has 7 heteroatoms. The molecule has 0 aromatic carbocycles. The fourth-order valence-corrected chi connectivity index (χ4v) is 1.80. The van der Waals surface area contributed by atoms with Gasteiger partial charge in [0.15, 0.2) is 0 Å². The van der Waals surface area contributed by atoms with Gasteiger partial charge in [0, 0.05) is 18.7 Å². The fraction of sp³-hybridized carbons (Fsp3) is 0.417. The summed E-state index contributed by atoms with van der Waals surface area (Å²) in [6.45, 7) is 0.256. The molecule has 0 fully saturated rings.